The quantitative estimate of drug-likeness (QED) is 0.832. The van der Waals surface area contributed by atoms with E-state index in [0.29, 0.717) is 11.7 Å². The summed E-state index contributed by atoms with van der Waals surface area (Å²) in [4.78, 5) is 0. The van der Waals surface area contributed by atoms with Crippen molar-refractivity contribution in [1.29, 1.82) is 0 Å². The average molecular weight is 350 g/mol. The lowest BCUT2D eigenvalue weighted by Gasteiger charge is -2.35. The molecule has 26 heavy (non-hydrogen) atoms. The number of hydrogen-bond acceptors (Lipinski definition) is 3. The fraction of sp³-hybridized carbons (Fsp3) is 0.364. The number of rotatable bonds is 4. The van der Waals surface area contributed by atoms with Crippen molar-refractivity contribution in [3.05, 3.63) is 72.0 Å². The van der Waals surface area contributed by atoms with E-state index in [1.807, 2.05) is 26.0 Å². The summed E-state index contributed by atoms with van der Waals surface area (Å²) in [5.41, 5.74) is 2.75. The average Bonchev–Trinajstić information content (AvgIpc) is 2.88. The molecular weight excluding hydrogens is 323 g/mol. The molecule has 1 aliphatic heterocycles. The van der Waals surface area contributed by atoms with Crippen molar-refractivity contribution in [3.63, 3.8) is 0 Å². The molecule has 0 saturated carbocycles. The van der Waals surface area contributed by atoms with E-state index in [2.05, 4.69) is 51.6 Å². The topological polar surface area (TPSA) is 38.7 Å². The highest BCUT2D eigenvalue weighted by molar-refractivity contribution is 6.62. The Hall–Kier alpha value is -2.20. The first-order valence-corrected chi connectivity index (χ1v) is 9.08. The molecule has 3 rings (SSSR count). The second-order valence-electron chi connectivity index (χ2n) is 8.03. The normalized spacial score (nSPS) is 18.7. The first-order chi connectivity index (χ1) is 12.1. The van der Waals surface area contributed by atoms with Gasteiger partial charge in [-0.15, -0.1) is 0 Å². The molecule has 1 fully saturated rings. The summed E-state index contributed by atoms with van der Waals surface area (Å²) < 4.78 is 11.8. The molecule has 136 valence electrons. The monoisotopic (exact) mass is 350 g/mol. The van der Waals surface area contributed by atoms with E-state index in [1.165, 1.54) is 11.1 Å². The van der Waals surface area contributed by atoms with Crippen molar-refractivity contribution in [1.82, 2.24) is 0 Å². The summed E-state index contributed by atoms with van der Waals surface area (Å²) in [6.07, 6.45) is 0. The third kappa shape index (κ3) is 3.14. The predicted octanol–water partition coefficient (Wildman–Crippen LogP) is 4.39. The van der Waals surface area contributed by atoms with Gasteiger partial charge in [-0.3, -0.25) is 0 Å². The van der Waals surface area contributed by atoms with Crippen LogP contribution in [0.4, 0.5) is 0 Å². The lowest BCUT2D eigenvalue weighted by atomic mass is 9.67. The van der Waals surface area contributed by atoms with E-state index >= 15 is 0 Å². The SMILES string of the molecule is C=C1OB(c2ccc(C(C)(c3ccc(O)cc3)C(C)C)cc2)OC1(C)C. The molecule has 0 aliphatic carbocycles. The number of phenolic OH excluding ortho intramolecular Hbond substituents is 1. The van der Waals surface area contributed by atoms with E-state index < -0.39 is 12.7 Å². The smallest absolute Gasteiger partial charge is 0.534 e. The molecule has 1 aliphatic rings. The number of aromatic hydroxyl groups is 1. The molecule has 1 unspecified atom stereocenters. The lowest BCUT2D eigenvalue weighted by Crippen LogP contribution is -2.35. The number of benzene rings is 2. The van der Waals surface area contributed by atoms with Crippen molar-refractivity contribution in [3.8, 4) is 5.75 Å². The molecule has 4 heteroatoms. The zero-order chi connectivity index (χ0) is 19.1. The Morgan fingerprint density at radius 1 is 1.00 bits per heavy atom. The minimum absolute atomic E-state index is 0.160. The lowest BCUT2D eigenvalue weighted by molar-refractivity contribution is 0.173. The highest BCUT2D eigenvalue weighted by Gasteiger charge is 2.43. The Kier molecular flexibility index (Phi) is 4.66. The van der Waals surface area contributed by atoms with E-state index in [4.69, 9.17) is 9.31 Å². The second kappa shape index (κ2) is 6.51. The van der Waals surface area contributed by atoms with Gasteiger partial charge in [-0.1, -0.05) is 63.7 Å². The van der Waals surface area contributed by atoms with Crippen LogP contribution in [-0.4, -0.2) is 17.8 Å². The van der Waals surface area contributed by atoms with Gasteiger partial charge < -0.3 is 14.4 Å². The van der Waals surface area contributed by atoms with Crippen molar-refractivity contribution < 1.29 is 14.4 Å². The largest absolute Gasteiger partial charge is 0.563 e. The van der Waals surface area contributed by atoms with E-state index in [-0.39, 0.29) is 11.2 Å². The van der Waals surface area contributed by atoms with Crippen LogP contribution in [0.25, 0.3) is 0 Å². The van der Waals surface area contributed by atoms with Gasteiger partial charge in [-0.25, -0.2) is 0 Å². The zero-order valence-corrected chi connectivity index (χ0v) is 16.2. The van der Waals surface area contributed by atoms with Gasteiger partial charge in [0, 0.05) is 5.41 Å². The second-order valence-corrected chi connectivity index (χ2v) is 8.03. The number of hydrogen-bond donors (Lipinski definition) is 1. The molecule has 0 amide bonds. The Bertz CT molecular complexity index is 793. The molecule has 0 bridgehead atoms. The van der Waals surface area contributed by atoms with Crippen LogP contribution in [0.15, 0.2) is 60.9 Å². The zero-order valence-electron chi connectivity index (χ0n) is 16.2. The van der Waals surface area contributed by atoms with Crippen LogP contribution in [-0.2, 0) is 14.7 Å². The summed E-state index contributed by atoms with van der Waals surface area (Å²) in [5.74, 6) is 1.33. The van der Waals surface area contributed by atoms with Crippen molar-refractivity contribution in [2.45, 2.75) is 45.6 Å². The van der Waals surface area contributed by atoms with E-state index in [9.17, 15) is 5.11 Å². The maximum absolute atomic E-state index is 9.62. The Balaban J connectivity index is 1.93. The molecular formula is C22H27BO3. The Labute approximate surface area is 156 Å². The van der Waals surface area contributed by atoms with Crippen LogP contribution in [0.1, 0.15) is 45.7 Å². The molecule has 0 spiro atoms. The Morgan fingerprint density at radius 3 is 1.92 bits per heavy atom. The maximum Gasteiger partial charge on any atom is 0.563 e. The van der Waals surface area contributed by atoms with Crippen LogP contribution in [0.3, 0.4) is 0 Å². The molecule has 3 nitrogen and oxygen atoms in total. The van der Waals surface area contributed by atoms with Crippen molar-refractivity contribution in [2.75, 3.05) is 0 Å². The van der Waals surface area contributed by atoms with Gasteiger partial charge in [0.1, 0.15) is 11.4 Å². The maximum atomic E-state index is 9.62. The molecule has 1 atom stereocenters. The fourth-order valence-corrected chi connectivity index (χ4v) is 3.39. The molecule has 2 aromatic rings. The third-order valence-electron chi connectivity index (χ3n) is 5.73. The van der Waals surface area contributed by atoms with Crippen LogP contribution in [0.2, 0.25) is 0 Å². The summed E-state index contributed by atoms with van der Waals surface area (Å²) >= 11 is 0. The van der Waals surface area contributed by atoms with Crippen LogP contribution < -0.4 is 5.46 Å². The summed E-state index contributed by atoms with van der Waals surface area (Å²) in [5, 5.41) is 9.62. The summed E-state index contributed by atoms with van der Waals surface area (Å²) in [6.45, 7) is 14.5. The highest BCUT2D eigenvalue weighted by Crippen LogP contribution is 2.39. The molecule has 0 aromatic heterocycles. The van der Waals surface area contributed by atoms with Crippen LogP contribution >= 0.6 is 0 Å². The molecule has 2 aromatic carbocycles. The summed E-state index contributed by atoms with van der Waals surface area (Å²) in [6, 6.07) is 15.9. The standard InChI is InChI=1S/C22H27BO3/c1-15(2)22(6,18-9-13-20(24)14-10-18)17-7-11-19(12-8-17)23-25-16(3)21(4,5)26-23/h7-15,24H,3H2,1-2,4-6H3. The first-order valence-electron chi connectivity index (χ1n) is 9.08. The Morgan fingerprint density at radius 2 is 1.50 bits per heavy atom. The fourth-order valence-electron chi connectivity index (χ4n) is 3.39. The van der Waals surface area contributed by atoms with Gasteiger partial charge in [0.25, 0.3) is 0 Å². The molecule has 0 radical (unpaired) electrons. The van der Waals surface area contributed by atoms with E-state index in [1.54, 1.807) is 12.1 Å². The van der Waals surface area contributed by atoms with Gasteiger partial charge in [-0.2, -0.15) is 0 Å². The van der Waals surface area contributed by atoms with Crippen LogP contribution in [0.5, 0.6) is 5.75 Å². The van der Waals surface area contributed by atoms with Gasteiger partial charge in [0.05, 0.1) is 5.76 Å². The van der Waals surface area contributed by atoms with Gasteiger partial charge in [0.15, 0.2) is 0 Å². The van der Waals surface area contributed by atoms with Gasteiger partial charge in [-0.05, 0) is 48.5 Å². The van der Waals surface area contributed by atoms with Crippen molar-refractivity contribution >= 4 is 12.6 Å². The molecule has 1 heterocycles. The minimum atomic E-state index is -0.470. The minimum Gasteiger partial charge on any atom is -0.534 e. The first kappa shape index (κ1) is 18.6. The van der Waals surface area contributed by atoms with Crippen LogP contribution in [0, 0.1) is 5.92 Å². The number of phenols is 1. The molecule has 1 saturated heterocycles. The van der Waals surface area contributed by atoms with Crippen molar-refractivity contribution in [2.24, 2.45) is 5.92 Å². The third-order valence-corrected chi connectivity index (χ3v) is 5.73. The molecule has 1 N–H and O–H groups in total. The van der Waals surface area contributed by atoms with E-state index in [0.717, 1.165) is 5.46 Å². The summed E-state index contributed by atoms with van der Waals surface area (Å²) in [7, 11) is -0.412. The van der Waals surface area contributed by atoms with Gasteiger partial charge >= 0.3 is 7.12 Å². The predicted molar refractivity (Wildman–Crippen MR) is 107 cm³/mol. The highest BCUT2D eigenvalue weighted by atomic mass is 16.7. The van der Waals surface area contributed by atoms with Gasteiger partial charge in [0.2, 0.25) is 0 Å².